The maximum atomic E-state index is 5.73. The van der Waals surface area contributed by atoms with Gasteiger partial charge in [-0.15, -0.1) is 11.3 Å². The number of aromatic nitrogens is 1. The Hall–Kier alpha value is -2.90. The highest BCUT2D eigenvalue weighted by Crippen LogP contribution is 2.39. The SMILES string of the molecule is COc1ccc(C2=NN(c3nc(-c4ccc(Br)cc4)cs3)[C@H](c3ccco3)C2)cc1. The molecule has 0 unspecified atom stereocenters. The summed E-state index contributed by atoms with van der Waals surface area (Å²) in [6.07, 6.45) is 2.45. The quantitative estimate of drug-likeness (QED) is 0.326. The number of nitrogens with zero attached hydrogens (tertiary/aromatic N) is 3. The van der Waals surface area contributed by atoms with E-state index in [1.807, 2.05) is 53.5 Å². The molecule has 0 amide bonds. The first kappa shape index (κ1) is 19.1. The first-order chi connectivity index (χ1) is 14.7. The van der Waals surface area contributed by atoms with Crippen LogP contribution in [0.25, 0.3) is 11.3 Å². The number of furan rings is 1. The van der Waals surface area contributed by atoms with Crippen LogP contribution in [0.2, 0.25) is 0 Å². The van der Waals surface area contributed by atoms with Crippen molar-refractivity contribution in [1.29, 1.82) is 0 Å². The number of anilines is 1. The number of rotatable bonds is 5. The second-order valence-electron chi connectivity index (χ2n) is 6.88. The number of benzene rings is 2. The minimum atomic E-state index is -0.0268. The molecule has 2 aromatic carbocycles. The second-order valence-corrected chi connectivity index (χ2v) is 8.63. The largest absolute Gasteiger partial charge is 0.497 e. The van der Waals surface area contributed by atoms with Crippen molar-refractivity contribution in [3.05, 3.63) is 88.1 Å². The van der Waals surface area contributed by atoms with Crippen molar-refractivity contribution < 1.29 is 9.15 Å². The molecule has 7 heteroatoms. The Bertz CT molecular complexity index is 1170. The van der Waals surface area contributed by atoms with Crippen molar-refractivity contribution in [1.82, 2.24) is 4.98 Å². The molecule has 1 atom stereocenters. The summed E-state index contributed by atoms with van der Waals surface area (Å²) in [5, 5.41) is 9.82. The molecule has 0 bridgehead atoms. The molecule has 1 aliphatic rings. The lowest BCUT2D eigenvalue weighted by Crippen LogP contribution is -2.17. The highest BCUT2D eigenvalue weighted by molar-refractivity contribution is 9.10. The number of halogens is 1. The predicted molar refractivity (Wildman–Crippen MR) is 123 cm³/mol. The zero-order valence-corrected chi connectivity index (χ0v) is 18.6. The normalized spacial score (nSPS) is 16.0. The topological polar surface area (TPSA) is 50.9 Å². The minimum Gasteiger partial charge on any atom is -0.497 e. The maximum absolute atomic E-state index is 5.73. The monoisotopic (exact) mass is 479 g/mol. The Morgan fingerprint density at radius 2 is 1.83 bits per heavy atom. The van der Waals surface area contributed by atoms with Gasteiger partial charge >= 0.3 is 0 Å². The van der Waals surface area contributed by atoms with Gasteiger partial charge in [0.2, 0.25) is 5.13 Å². The molecular formula is C23H18BrN3O2S. The van der Waals surface area contributed by atoms with E-state index in [-0.39, 0.29) is 6.04 Å². The van der Waals surface area contributed by atoms with Gasteiger partial charge in [-0.2, -0.15) is 5.10 Å². The first-order valence-electron chi connectivity index (χ1n) is 9.47. The van der Waals surface area contributed by atoms with Crippen LogP contribution in [-0.4, -0.2) is 17.8 Å². The van der Waals surface area contributed by atoms with Gasteiger partial charge in [-0.3, -0.25) is 0 Å². The molecule has 1 aliphatic heterocycles. The number of hydrazone groups is 1. The lowest BCUT2D eigenvalue weighted by atomic mass is 10.0. The van der Waals surface area contributed by atoms with E-state index < -0.39 is 0 Å². The number of thiazole rings is 1. The van der Waals surface area contributed by atoms with E-state index in [0.29, 0.717) is 0 Å². The zero-order valence-electron chi connectivity index (χ0n) is 16.2. The summed E-state index contributed by atoms with van der Waals surface area (Å²) in [5.74, 6) is 1.71. The molecule has 5 rings (SSSR count). The molecule has 4 aromatic rings. The number of methoxy groups -OCH3 is 1. The van der Waals surface area contributed by atoms with E-state index >= 15 is 0 Å². The summed E-state index contributed by atoms with van der Waals surface area (Å²) in [5.41, 5.74) is 4.08. The van der Waals surface area contributed by atoms with E-state index in [2.05, 4.69) is 33.4 Å². The minimum absolute atomic E-state index is 0.0268. The molecule has 0 fully saturated rings. The van der Waals surface area contributed by atoms with Crippen molar-refractivity contribution in [3.63, 3.8) is 0 Å². The van der Waals surface area contributed by atoms with Gasteiger partial charge < -0.3 is 9.15 Å². The molecule has 5 nitrogen and oxygen atoms in total. The van der Waals surface area contributed by atoms with Gasteiger partial charge in [-0.1, -0.05) is 28.1 Å². The van der Waals surface area contributed by atoms with Crippen molar-refractivity contribution in [2.75, 3.05) is 12.1 Å². The third-order valence-electron chi connectivity index (χ3n) is 5.03. The fourth-order valence-electron chi connectivity index (χ4n) is 3.47. The molecule has 0 aliphatic carbocycles. The second kappa shape index (κ2) is 8.08. The summed E-state index contributed by atoms with van der Waals surface area (Å²) in [6.45, 7) is 0. The van der Waals surface area contributed by atoms with Crippen LogP contribution < -0.4 is 9.75 Å². The van der Waals surface area contributed by atoms with Crippen LogP contribution in [0.5, 0.6) is 5.75 Å². The fraction of sp³-hybridized carbons (Fsp3) is 0.130. The van der Waals surface area contributed by atoms with Gasteiger partial charge in [0.05, 0.1) is 24.8 Å². The zero-order chi connectivity index (χ0) is 20.5. The van der Waals surface area contributed by atoms with Crippen LogP contribution in [0.1, 0.15) is 23.8 Å². The van der Waals surface area contributed by atoms with Crippen LogP contribution in [0.4, 0.5) is 5.13 Å². The number of hydrogen-bond acceptors (Lipinski definition) is 6. The van der Waals surface area contributed by atoms with Gasteiger partial charge in [0.15, 0.2) is 0 Å². The van der Waals surface area contributed by atoms with Gasteiger partial charge in [0.1, 0.15) is 17.6 Å². The van der Waals surface area contributed by atoms with Gasteiger partial charge in [0, 0.05) is 21.8 Å². The van der Waals surface area contributed by atoms with E-state index in [1.54, 1.807) is 24.7 Å². The highest BCUT2D eigenvalue weighted by atomic mass is 79.9. The molecule has 0 saturated carbocycles. The lowest BCUT2D eigenvalue weighted by molar-refractivity contribution is 0.415. The van der Waals surface area contributed by atoms with Crippen LogP contribution in [0.15, 0.2) is 86.3 Å². The summed E-state index contributed by atoms with van der Waals surface area (Å²) in [4.78, 5) is 4.87. The summed E-state index contributed by atoms with van der Waals surface area (Å²) in [7, 11) is 1.67. The standard InChI is InChI=1S/C23H18BrN3O2S/c1-28-18-10-6-15(7-11-18)19-13-21(22-3-2-12-29-22)27(26-19)23-25-20(14-30-23)16-4-8-17(24)9-5-16/h2-12,14,21H,13H2,1H3/t21-/m0/s1. The Morgan fingerprint density at radius 3 is 2.53 bits per heavy atom. The van der Waals surface area contributed by atoms with Gasteiger partial charge in [0.25, 0.3) is 0 Å². The van der Waals surface area contributed by atoms with Crippen LogP contribution in [0, 0.1) is 0 Å². The average molecular weight is 480 g/mol. The summed E-state index contributed by atoms with van der Waals surface area (Å²) in [6, 6.07) is 20.0. The molecule has 3 heterocycles. The van der Waals surface area contributed by atoms with Gasteiger partial charge in [-0.25, -0.2) is 9.99 Å². The smallest absolute Gasteiger partial charge is 0.207 e. The molecular weight excluding hydrogens is 462 g/mol. The Labute approximate surface area is 186 Å². The average Bonchev–Trinajstić information content (AvgIpc) is 3.54. The molecule has 0 N–H and O–H groups in total. The maximum Gasteiger partial charge on any atom is 0.207 e. The summed E-state index contributed by atoms with van der Waals surface area (Å²) < 4.78 is 12.1. The Morgan fingerprint density at radius 1 is 1.07 bits per heavy atom. The number of ether oxygens (including phenoxy) is 1. The van der Waals surface area contributed by atoms with Crippen molar-refractivity contribution in [2.24, 2.45) is 5.10 Å². The molecule has 150 valence electrons. The lowest BCUT2D eigenvalue weighted by Gasteiger charge is -2.18. The van der Waals surface area contributed by atoms with Crippen molar-refractivity contribution in [3.8, 4) is 17.0 Å². The molecule has 0 saturated heterocycles. The van der Waals surface area contributed by atoms with E-state index in [1.165, 1.54) is 0 Å². The molecule has 0 spiro atoms. The third kappa shape index (κ3) is 3.66. The number of hydrogen-bond donors (Lipinski definition) is 0. The third-order valence-corrected chi connectivity index (χ3v) is 6.39. The van der Waals surface area contributed by atoms with Crippen molar-refractivity contribution in [2.45, 2.75) is 12.5 Å². The van der Waals surface area contributed by atoms with E-state index in [0.717, 1.165) is 50.1 Å². The molecule has 0 radical (unpaired) electrons. The highest BCUT2D eigenvalue weighted by Gasteiger charge is 2.33. The van der Waals surface area contributed by atoms with Gasteiger partial charge in [-0.05, 0) is 54.1 Å². The fourth-order valence-corrected chi connectivity index (χ4v) is 4.57. The van der Waals surface area contributed by atoms with E-state index in [4.69, 9.17) is 19.2 Å². The van der Waals surface area contributed by atoms with Crippen LogP contribution >= 0.6 is 27.3 Å². The molecule has 30 heavy (non-hydrogen) atoms. The Kier molecular flexibility index (Phi) is 5.14. The van der Waals surface area contributed by atoms with Crippen LogP contribution in [0.3, 0.4) is 0 Å². The van der Waals surface area contributed by atoms with Crippen LogP contribution in [-0.2, 0) is 0 Å². The summed E-state index contributed by atoms with van der Waals surface area (Å²) >= 11 is 5.07. The van der Waals surface area contributed by atoms with Crippen molar-refractivity contribution >= 4 is 38.1 Å². The predicted octanol–water partition coefficient (Wildman–Crippen LogP) is 6.53. The molecule has 2 aromatic heterocycles. The first-order valence-corrected chi connectivity index (χ1v) is 11.1. The Balaban J connectivity index is 1.50. The van der Waals surface area contributed by atoms with E-state index in [9.17, 15) is 0 Å².